The molecule has 0 saturated carbocycles. The number of imidazole rings is 1. The number of benzene rings is 2. The predicted octanol–water partition coefficient (Wildman–Crippen LogP) is 7.05. The van der Waals surface area contributed by atoms with Crippen molar-refractivity contribution in [2.75, 3.05) is 16.4 Å². The van der Waals surface area contributed by atoms with E-state index in [9.17, 15) is 4.79 Å². The molecule has 38 heavy (non-hydrogen) atoms. The highest BCUT2D eigenvalue weighted by atomic mass is 35.5. The van der Waals surface area contributed by atoms with Gasteiger partial charge >= 0.3 is 0 Å². The fourth-order valence-electron chi connectivity index (χ4n) is 3.61. The van der Waals surface area contributed by atoms with E-state index in [2.05, 4.69) is 44.4 Å². The zero-order chi connectivity index (χ0) is 27.1. The third kappa shape index (κ3) is 6.79. The number of nitrogens with one attached hydrogen (secondary N) is 3. The summed E-state index contributed by atoms with van der Waals surface area (Å²) in [4.78, 5) is 28.3. The number of anilines is 4. The van der Waals surface area contributed by atoms with Crippen molar-refractivity contribution in [1.82, 2.24) is 19.9 Å². The van der Waals surface area contributed by atoms with Gasteiger partial charge in [-0.05, 0) is 78.6 Å². The molecule has 1 amide bonds. The number of H-pyrrole nitrogens is 1. The van der Waals surface area contributed by atoms with E-state index in [1.54, 1.807) is 48.8 Å². The van der Waals surface area contributed by atoms with Crippen molar-refractivity contribution in [3.8, 4) is 0 Å². The molecule has 0 saturated heterocycles. The average Bonchev–Trinajstić information content (AvgIpc) is 3.33. The minimum absolute atomic E-state index is 0.245. The summed E-state index contributed by atoms with van der Waals surface area (Å²) in [6, 6.07) is 18.1. The van der Waals surface area contributed by atoms with E-state index in [1.165, 1.54) is 5.56 Å². The van der Waals surface area contributed by atoms with Gasteiger partial charge in [-0.3, -0.25) is 4.79 Å². The third-order valence-electron chi connectivity index (χ3n) is 5.68. The monoisotopic (exact) mass is 547 g/mol. The molecule has 8 nitrogen and oxygen atoms in total. The molecule has 0 aliphatic carbocycles. The molecule has 5 N–H and O–H groups in total. The topological polar surface area (TPSA) is 122 Å². The van der Waals surface area contributed by atoms with Crippen molar-refractivity contribution in [2.24, 2.45) is 0 Å². The smallest absolute Gasteiger partial charge is 0.256 e. The van der Waals surface area contributed by atoms with Crippen LogP contribution in [0, 0.1) is 0 Å². The van der Waals surface area contributed by atoms with Crippen molar-refractivity contribution in [2.45, 2.75) is 26.7 Å². The average molecular weight is 548 g/mol. The lowest BCUT2D eigenvalue weighted by atomic mass is 10.2. The Morgan fingerprint density at radius 3 is 2.26 bits per heavy atom. The van der Waals surface area contributed by atoms with Crippen LogP contribution in [-0.4, -0.2) is 25.8 Å². The summed E-state index contributed by atoms with van der Waals surface area (Å²) < 4.78 is 0. The first-order valence-electron chi connectivity index (χ1n) is 12.0. The number of aromatic amines is 1. The Morgan fingerprint density at radius 2 is 1.61 bits per heavy atom. The maximum atomic E-state index is 12.6. The molecule has 0 radical (unpaired) electrons. The van der Waals surface area contributed by atoms with Crippen LogP contribution in [0.4, 0.5) is 23.3 Å². The molecule has 3 heterocycles. The molecule has 0 aliphatic rings. The molecule has 0 unspecified atom stereocenters. The molecule has 194 valence electrons. The zero-order valence-electron chi connectivity index (χ0n) is 20.9. The van der Waals surface area contributed by atoms with Gasteiger partial charge in [0.25, 0.3) is 5.91 Å². The number of pyridine rings is 2. The molecule has 0 spiro atoms. The van der Waals surface area contributed by atoms with E-state index in [1.807, 2.05) is 24.3 Å². The Bertz CT molecular complexity index is 1550. The summed E-state index contributed by atoms with van der Waals surface area (Å²) in [5, 5.41) is 6.89. The molecule has 0 aliphatic heterocycles. The number of fused-ring (bicyclic) bond motifs is 1. The molecular formula is C28H27Cl2N7O. The second-order valence-electron chi connectivity index (χ2n) is 8.34. The Kier molecular flexibility index (Phi) is 8.78. The largest absolute Gasteiger partial charge is 0.384 e. The van der Waals surface area contributed by atoms with E-state index < -0.39 is 0 Å². The Labute approximate surface area is 230 Å². The molecule has 0 atom stereocenters. The summed E-state index contributed by atoms with van der Waals surface area (Å²) >= 11 is 12.4. The van der Waals surface area contributed by atoms with Gasteiger partial charge in [-0.2, -0.15) is 0 Å². The standard InChI is InChI=1S/C21H17Cl2N5O.C7H10N2/c1-2-12-8-9-24-18(10-12)27-20(29)13-6-7-16-17(11-13)26-21(25-16)28-19-14(22)4-3-5-15(19)23;1-2-6-3-4-9-7(8)5-6/h3-11H,2H2,1H3,(H,24,27,29)(H2,25,26,28);3-5H,2H2,1H3,(H2,8,9). The van der Waals surface area contributed by atoms with E-state index in [0.29, 0.717) is 49.9 Å². The number of nitrogens with two attached hydrogens (primary N) is 1. The number of nitrogens with zero attached hydrogens (tertiary/aromatic N) is 3. The number of amides is 1. The molecule has 0 bridgehead atoms. The van der Waals surface area contributed by atoms with Gasteiger partial charge < -0.3 is 21.4 Å². The van der Waals surface area contributed by atoms with Crippen LogP contribution in [0.15, 0.2) is 73.1 Å². The van der Waals surface area contributed by atoms with Crippen LogP contribution in [0.25, 0.3) is 11.0 Å². The van der Waals surface area contributed by atoms with Crippen molar-refractivity contribution < 1.29 is 4.79 Å². The Hall–Kier alpha value is -4.14. The van der Waals surface area contributed by atoms with Gasteiger partial charge in [0.05, 0.1) is 26.8 Å². The van der Waals surface area contributed by atoms with Crippen molar-refractivity contribution in [1.29, 1.82) is 0 Å². The number of carbonyl (C=O) groups excluding carboxylic acids is 1. The number of aromatic nitrogens is 4. The molecule has 5 rings (SSSR count). The van der Waals surface area contributed by atoms with Gasteiger partial charge in [0.2, 0.25) is 5.95 Å². The Balaban J connectivity index is 0.000000317. The normalized spacial score (nSPS) is 10.5. The van der Waals surface area contributed by atoms with Gasteiger partial charge in [-0.25, -0.2) is 15.0 Å². The lowest BCUT2D eigenvalue weighted by Crippen LogP contribution is -2.13. The van der Waals surface area contributed by atoms with Crippen LogP contribution in [0.5, 0.6) is 0 Å². The lowest BCUT2D eigenvalue weighted by molar-refractivity contribution is 0.102. The minimum Gasteiger partial charge on any atom is -0.384 e. The van der Waals surface area contributed by atoms with Crippen LogP contribution in [0.1, 0.15) is 35.3 Å². The summed E-state index contributed by atoms with van der Waals surface area (Å²) in [5.41, 5.74) is 10.2. The van der Waals surface area contributed by atoms with E-state index in [4.69, 9.17) is 28.9 Å². The van der Waals surface area contributed by atoms with Gasteiger partial charge in [0.1, 0.15) is 11.6 Å². The highest BCUT2D eigenvalue weighted by Crippen LogP contribution is 2.32. The first-order valence-corrected chi connectivity index (χ1v) is 12.8. The van der Waals surface area contributed by atoms with Crippen LogP contribution in [0.2, 0.25) is 10.0 Å². The first-order chi connectivity index (χ1) is 18.4. The van der Waals surface area contributed by atoms with E-state index >= 15 is 0 Å². The summed E-state index contributed by atoms with van der Waals surface area (Å²) in [7, 11) is 0. The quantitative estimate of drug-likeness (QED) is 0.180. The SMILES string of the molecule is CCc1ccnc(N)c1.CCc1ccnc(NC(=O)c2ccc3nc(Nc4c(Cl)cccc4Cl)[nH]c3c2)c1. The van der Waals surface area contributed by atoms with Crippen molar-refractivity contribution >= 4 is 63.4 Å². The maximum Gasteiger partial charge on any atom is 0.256 e. The minimum atomic E-state index is -0.245. The van der Waals surface area contributed by atoms with Crippen LogP contribution < -0.4 is 16.4 Å². The van der Waals surface area contributed by atoms with Crippen molar-refractivity contribution in [3.63, 3.8) is 0 Å². The molecule has 0 fully saturated rings. The number of rotatable bonds is 6. The van der Waals surface area contributed by atoms with Gasteiger partial charge in [0.15, 0.2) is 0 Å². The molecule has 3 aromatic heterocycles. The van der Waals surface area contributed by atoms with E-state index in [-0.39, 0.29) is 5.91 Å². The fraction of sp³-hybridized carbons (Fsp3) is 0.143. The Morgan fingerprint density at radius 1 is 0.921 bits per heavy atom. The number of carbonyl (C=O) groups is 1. The summed E-state index contributed by atoms with van der Waals surface area (Å²) in [6.45, 7) is 4.14. The van der Waals surface area contributed by atoms with Crippen LogP contribution in [0.3, 0.4) is 0 Å². The van der Waals surface area contributed by atoms with Crippen molar-refractivity contribution in [3.05, 3.63) is 99.8 Å². The number of halogens is 2. The fourth-order valence-corrected chi connectivity index (χ4v) is 4.10. The molecule has 2 aromatic carbocycles. The number of nitrogen functional groups attached to an aromatic ring is 1. The van der Waals surface area contributed by atoms with Crippen LogP contribution >= 0.6 is 23.2 Å². The second-order valence-corrected chi connectivity index (χ2v) is 9.15. The second kappa shape index (κ2) is 12.4. The van der Waals surface area contributed by atoms with Gasteiger partial charge in [-0.1, -0.05) is 43.1 Å². The summed E-state index contributed by atoms with van der Waals surface area (Å²) in [6.07, 6.45) is 5.31. The highest BCUT2D eigenvalue weighted by molar-refractivity contribution is 6.39. The van der Waals surface area contributed by atoms with Crippen LogP contribution in [-0.2, 0) is 12.8 Å². The molecular weight excluding hydrogens is 521 g/mol. The molecule has 10 heteroatoms. The number of hydrogen-bond donors (Lipinski definition) is 4. The number of para-hydroxylation sites is 1. The highest BCUT2D eigenvalue weighted by Gasteiger charge is 2.12. The van der Waals surface area contributed by atoms with Gasteiger partial charge in [0, 0.05) is 18.0 Å². The third-order valence-corrected chi connectivity index (χ3v) is 6.31. The zero-order valence-corrected chi connectivity index (χ0v) is 22.4. The van der Waals surface area contributed by atoms with E-state index in [0.717, 1.165) is 18.4 Å². The predicted molar refractivity (Wildman–Crippen MR) is 155 cm³/mol. The number of hydrogen-bond acceptors (Lipinski definition) is 6. The first kappa shape index (κ1) is 26.9. The van der Waals surface area contributed by atoms with Gasteiger partial charge in [-0.15, -0.1) is 0 Å². The molecule has 5 aromatic rings. The number of aryl methyl sites for hydroxylation is 2. The maximum absolute atomic E-state index is 12.6. The lowest BCUT2D eigenvalue weighted by Gasteiger charge is -2.07. The summed E-state index contributed by atoms with van der Waals surface area (Å²) in [5.74, 6) is 1.36.